The molecule has 0 heterocycles. The molecule has 0 aromatic heterocycles. The lowest BCUT2D eigenvalue weighted by Gasteiger charge is -2.19. The van der Waals surface area contributed by atoms with Gasteiger partial charge in [-0.25, -0.2) is 0 Å². The molecule has 1 N–H and O–H groups in total. The van der Waals surface area contributed by atoms with E-state index < -0.39 is 6.10 Å². The Morgan fingerprint density at radius 3 is 2.31 bits per heavy atom. The van der Waals surface area contributed by atoms with Gasteiger partial charge in [-0.1, -0.05) is 20.8 Å². The van der Waals surface area contributed by atoms with Crippen LogP contribution in [0.25, 0.3) is 0 Å². The van der Waals surface area contributed by atoms with Crippen molar-refractivity contribution < 1.29 is 14.6 Å². The summed E-state index contributed by atoms with van der Waals surface area (Å²) >= 11 is 0. The SMILES string of the molecule is COC(=O)CC(C)C(O)CC(C)C. The van der Waals surface area contributed by atoms with E-state index in [0.29, 0.717) is 12.3 Å². The highest BCUT2D eigenvalue weighted by Crippen LogP contribution is 2.16. The molecule has 13 heavy (non-hydrogen) atoms. The van der Waals surface area contributed by atoms with E-state index in [4.69, 9.17) is 0 Å². The number of hydrogen-bond acceptors (Lipinski definition) is 3. The van der Waals surface area contributed by atoms with Crippen molar-refractivity contribution in [3.05, 3.63) is 0 Å². The zero-order valence-electron chi connectivity index (χ0n) is 8.91. The van der Waals surface area contributed by atoms with Crippen molar-refractivity contribution in [1.82, 2.24) is 0 Å². The molecule has 0 aliphatic rings. The van der Waals surface area contributed by atoms with Gasteiger partial charge in [-0.05, 0) is 18.3 Å². The number of ether oxygens (including phenoxy) is 1. The fourth-order valence-electron chi connectivity index (χ4n) is 1.20. The minimum Gasteiger partial charge on any atom is -0.469 e. The van der Waals surface area contributed by atoms with Crippen molar-refractivity contribution >= 4 is 5.97 Å². The van der Waals surface area contributed by atoms with Crippen molar-refractivity contribution in [1.29, 1.82) is 0 Å². The third-order valence-electron chi connectivity index (χ3n) is 2.09. The fourth-order valence-corrected chi connectivity index (χ4v) is 1.20. The van der Waals surface area contributed by atoms with E-state index in [1.165, 1.54) is 7.11 Å². The highest BCUT2D eigenvalue weighted by molar-refractivity contribution is 5.69. The number of carbonyl (C=O) groups is 1. The van der Waals surface area contributed by atoms with Gasteiger partial charge >= 0.3 is 5.97 Å². The molecule has 3 heteroatoms. The summed E-state index contributed by atoms with van der Waals surface area (Å²) in [6.07, 6.45) is 0.627. The third kappa shape index (κ3) is 5.64. The first-order valence-electron chi connectivity index (χ1n) is 4.72. The quantitative estimate of drug-likeness (QED) is 0.666. The first kappa shape index (κ1) is 12.4. The zero-order chi connectivity index (χ0) is 10.4. The van der Waals surface area contributed by atoms with Crippen molar-refractivity contribution in [3.8, 4) is 0 Å². The maximum Gasteiger partial charge on any atom is 0.305 e. The van der Waals surface area contributed by atoms with Gasteiger partial charge in [-0.15, -0.1) is 0 Å². The molecular formula is C10H20O3. The summed E-state index contributed by atoms with van der Waals surface area (Å²) < 4.78 is 4.53. The predicted octanol–water partition coefficient (Wildman–Crippen LogP) is 1.59. The van der Waals surface area contributed by atoms with Crippen LogP contribution in [-0.4, -0.2) is 24.3 Å². The van der Waals surface area contributed by atoms with Crippen molar-refractivity contribution in [2.24, 2.45) is 11.8 Å². The van der Waals surface area contributed by atoms with Crippen LogP contribution in [0, 0.1) is 11.8 Å². The van der Waals surface area contributed by atoms with Crippen LogP contribution in [0.4, 0.5) is 0 Å². The summed E-state index contributed by atoms with van der Waals surface area (Å²) in [6.45, 7) is 5.96. The molecule has 0 saturated heterocycles. The van der Waals surface area contributed by atoms with Crippen LogP contribution >= 0.6 is 0 Å². The second-order valence-corrected chi connectivity index (χ2v) is 3.95. The summed E-state index contributed by atoms with van der Waals surface area (Å²) in [6, 6.07) is 0. The molecule has 0 aliphatic heterocycles. The van der Waals surface area contributed by atoms with Crippen molar-refractivity contribution in [2.45, 2.75) is 39.7 Å². The molecule has 0 amide bonds. The van der Waals surface area contributed by atoms with Crippen molar-refractivity contribution in [2.75, 3.05) is 7.11 Å². The van der Waals surface area contributed by atoms with E-state index in [1.54, 1.807) is 0 Å². The second kappa shape index (κ2) is 5.97. The standard InChI is InChI=1S/C10H20O3/c1-7(2)5-9(11)8(3)6-10(12)13-4/h7-9,11H,5-6H2,1-4H3. The van der Waals surface area contributed by atoms with Crippen LogP contribution < -0.4 is 0 Å². The molecule has 0 bridgehead atoms. The summed E-state index contributed by atoms with van der Waals surface area (Å²) in [5.41, 5.74) is 0. The number of carbonyl (C=O) groups excluding carboxylic acids is 1. The number of aliphatic hydroxyl groups is 1. The van der Waals surface area contributed by atoms with E-state index in [0.717, 1.165) is 6.42 Å². The van der Waals surface area contributed by atoms with Gasteiger partial charge in [0, 0.05) is 0 Å². The lowest BCUT2D eigenvalue weighted by molar-refractivity contribution is -0.142. The lowest BCUT2D eigenvalue weighted by Crippen LogP contribution is -2.22. The van der Waals surface area contributed by atoms with Crippen LogP contribution in [0.15, 0.2) is 0 Å². The highest BCUT2D eigenvalue weighted by Gasteiger charge is 2.18. The number of methoxy groups -OCH3 is 1. The molecule has 0 radical (unpaired) electrons. The summed E-state index contributed by atoms with van der Waals surface area (Å²) in [5.74, 6) is 0.181. The normalized spacial score (nSPS) is 15.5. The summed E-state index contributed by atoms with van der Waals surface area (Å²) in [7, 11) is 1.36. The number of rotatable bonds is 5. The van der Waals surface area contributed by atoms with E-state index in [9.17, 15) is 9.90 Å². The van der Waals surface area contributed by atoms with Crippen LogP contribution in [-0.2, 0) is 9.53 Å². The Balaban J connectivity index is 3.81. The average Bonchev–Trinajstić information content (AvgIpc) is 2.02. The lowest BCUT2D eigenvalue weighted by atomic mass is 9.94. The molecule has 0 rings (SSSR count). The van der Waals surface area contributed by atoms with Crippen molar-refractivity contribution in [3.63, 3.8) is 0 Å². The van der Waals surface area contributed by atoms with E-state index in [2.05, 4.69) is 4.74 Å². The molecule has 0 spiro atoms. The number of hydrogen-bond donors (Lipinski definition) is 1. The molecule has 78 valence electrons. The van der Waals surface area contributed by atoms with Gasteiger partial charge in [0.25, 0.3) is 0 Å². The summed E-state index contributed by atoms with van der Waals surface area (Å²) in [4.78, 5) is 10.9. The van der Waals surface area contributed by atoms with Crippen LogP contribution in [0.3, 0.4) is 0 Å². The van der Waals surface area contributed by atoms with Gasteiger partial charge in [-0.2, -0.15) is 0 Å². The summed E-state index contributed by atoms with van der Waals surface area (Å²) in [5, 5.41) is 9.62. The average molecular weight is 188 g/mol. The van der Waals surface area contributed by atoms with Crippen LogP contribution in [0.2, 0.25) is 0 Å². The molecule has 2 atom stereocenters. The van der Waals surface area contributed by atoms with E-state index in [-0.39, 0.29) is 11.9 Å². The monoisotopic (exact) mass is 188 g/mol. The maximum absolute atomic E-state index is 10.9. The third-order valence-corrected chi connectivity index (χ3v) is 2.09. The second-order valence-electron chi connectivity index (χ2n) is 3.95. The topological polar surface area (TPSA) is 46.5 Å². The molecule has 0 aromatic carbocycles. The minimum absolute atomic E-state index is 0.0187. The van der Waals surface area contributed by atoms with Gasteiger partial charge in [-0.3, -0.25) is 4.79 Å². The Hall–Kier alpha value is -0.570. The van der Waals surface area contributed by atoms with Gasteiger partial charge < -0.3 is 9.84 Å². The predicted molar refractivity (Wildman–Crippen MR) is 51.3 cm³/mol. The molecular weight excluding hydrogens is 168 g/mol. The Morgan fingerprint density at radius 2 is 1.92 bits per heavy atom. The Kier molecular flexibility index (Phi) is 5.71. The zero-order valence-corrected chi connectivity index (χ0v) is 8.91. The largest absolute Gasteiger partial charge is 0.469 e. The van der Waals surface area contributed by atoms with Gasteiger partial charge in [0.2, 0.25) is 0 Å². The molecule has 0 aromatic rings. The Bertz CT molecular complexity index is 154. The van der Waals surface area contributed by atoms with Gasteiger partial charge in [0.1, 0.15) is 0 Å². The van der Waals surface area contributed by atoms with E-state index in [1.807, 2.05) is 20.8 Å². The molecule has 0 aliphatic carbocycles. The molecule has 0 saturated carbocycles. The van der Waals surface area contributed by atoms with Gasteiger partial charge in [0.05, 0.1) is 19.6 Å². The first-order chi connectivity index (χ1) is 5.97. The fraction of sp³-hybridized carbons (Fsp3) is 0.900. The Morgan fingerprint density at radius 1 is 1.38 bits per heavy atom. The smallest absolute Gasteiger partial charge is 0.305 e. The number of esters is 1. The molecule has 3 nitrogen and oxygen atoms in total. The van der Waals surface area contributed by atoms with Gasteiger partial charge in [0.15, 0.2) is 0 Å². The molecule has 2 unspecified atom stereocenters. The van der Waals surface area contributed by atoms with Crippen LogP contribution in [0.5, 0.6) is 0 Å². The van der Waals surface area contributed by atoms with E-state index >= 15 is 0 Å². The Labute approximate surface area is 80.1 Å². The number of aliphatic hydroxyl groups excluding tert-OH is 1. The first-order valence-corrected chi connectivity index (χ1v) is 4.72. The van der Waals surface area contributed by atoms with Crippen LogP contribution in [0.1, 0.15) is 33.6 Å². The highest BCUT2D eigenvalue weighted by atomic mass is 16.5. The maximum atomic E-state index is 10.9. The molecule has 0 fully saturated rings. The minimum atomic E-state index is -0.404.